The smallest absolute Gasteiger partial charge is 0.258 e. The van der Waals surface area contributed by atoms with Crippen molar-refractivity contribution in [2.45, 2.75) is 46.2 Å². The molecule has 0 saturated carbocycles. The molecule has 0 spiro atoms. The Balaban J connectivity index is 1.60. The Bertz CT molecular complexity index is 940. The van der Waals surface area contributed by atoms with E-state index in [9.17, 15) is 4.79 Å². The lowest BCUT2D eigenvalue weighted by Gasteiger charge is -2.24. The van der Waals surface area contributed by atoms with E-state index in [-0.39, 0.29) is 11.9 Å². The quantitative estimate of drug-likeness (QED) is 0.780. The Morgan fingerprint density at radius 3 is 2.96 bits per heavy atom. The summed E-state index contributed by atoms with van der Waals surface area (Å²) in [6.07, 6.45) is 3.79. The van der Waals surface area contributed by atoms with Crippen LogP contribution in [0.3, 0.4) is 0 Å². The molecule has 1 N–H and O–H groups in total. The molecule has 0 bridgehead atoms. The Morgan fingerprint density at radius 2 is 2.12 bits per heavy atom. The highest BCUT2D eigenvalue weighted by Gasteiger charge is 2.24. The first kappa shape index (κ1) is 14.9. The molecule has 0 unspecified atom stereocenters. The maximum absolute atomic E-state index is 12.8. The SMILES string of the molecule is Cc1cn2c(n1)CC[C@@H](NC(=O)c1cc(C)nc3onc(C)c13)C2. The van der Waals surface area contributed by atoms with Crippen LogP contribution in [0.25, 0.3) is 11.1 Å². The van der Waals surface area contributed by atoms with E-state index >= 15 is 0 Å². The second-order valence-corrected chi connectivity index (χ2v) is 6.42. The van der Waals surface area contributed by atoms with Gasteiger partial charge in [0.25, 0.3) is 11.6 Å². The van der Waals surface area contributed by atoms with Gasteiger partial charge in [-0.05, 0) is 33.3 Å². The Hall–Kier alpha value is -2.70. The molecule has 4 heterocycles. The minimum Gasteiger partial charge on any atom is -0.347 e. The minimum atomic E-state index is -0.109. The molecule has 1 aliphatic rings. The number of carbonyl (C=O) groups is 1. The molecule has 0 saturated heterocycles. The number of aromatic nitrogens is 4. The number of pyridine rings is 1. The fraction of sp³-hybridized carbons (Fsp3) is 0.412. The number of hydrogen-bond acceptors (Lipinski definition) is 5. The second kappa shape index (κ2) is 5.43. The van der Waals surface area contributed by atoms with E-state index in [2.05, 4.69) is 25.0 Å². The highest BCUT2D eigenvalue weighted by molar-refractivity contribution is 6.06. The summed E-state index contributed by atoms with van der Waals surface area (Å²) in [5.74, 6) is 0.983. The maximum Gasteiger partial charge on any atom is 0.258 e. The van der Waals surface area contributed by atoms with Crippen molar-refractivity contribution in [2.75, 3.05) is 0 Å². The molecule has 7 nitrogen and oxygen atoms in total. The highest BCUT2D eigenvalue weighted by Crippen LogP contribution is 2.22. The van der Waals surface area contributed by atoms with Crippen molar-refractivity contribution in [1.82, 2.24) is 25.0 Å². The van der Waals surface area contributed by atoms with E-state index in [0.29, 0.717) is 22.4 Å². The van der Waals surface area contributed by atoms with E-state index in [1.165, 1.54) is 0 Å². The predicted molar refractivity (Wildman–Crippen MR) is 87.8 cm³/mol. The van der Waals surface area contributed by atoms with Gasteiger partial charge in [-0.1, -0.05) is 5.16 Å². The summed E-state index contributed by atoms with van der Waals surface area (Å²) >= 11 is 0. The zero-order valence-electron chi connectivity index (χ0n) is 14.0. The molecule has 4 rings (SSSR count). The summed E-state index contributed by atoms with van der Waals surface area (Å²) in [7, 11) is 0. The number of nitrogens with one attached hydrogen (secondary N) is 1. The third-order valence-electron chi connectivity index (χ3n) is 4.44. The Morgan fingerprint density at radius 1 is 1.29 bits per heavy atom. The second-order valence-electron chi connectivity index (χ2n) is 6.42. The monoisotopic (exact) mass is 325 g/mol. The Labute approximate surface area is 139 Å². The molecular formula is C17H19N5O2. The van der Waals surface area contributed by atoms with Crippen molar-refractivity contribution in [3.05, 3.63) is 40.7 Å². The molecule has 0 aromatic carbocycles. The lowest BCUT2D eigenvalue weighted by molar-refractivity contribution is 0.0929. The number of imidazole rings is 1. The van der Waals surface area contributed by atoms with Gasteiger partial charge in [0.15, 0.2) is 0 Å². The molecule has 24 heavy (non-hydrogen) atoms. The summed E-state index contributed by atoms with van der Waals surface area (Å²) < 4.78 is 7.33. The van der Waals surface area contributed by atoms with Gasteiger partial charge >= 0.3 is 0 Å². The van der Waals surface area contributed by atoms with Gasteiger partial charge in [-0.3, -0.25) is 4.79 Å². The van der Waals surface area contributed by atoms with E-state index in [0.717, 1.165) is 36.6 Å². The number of fused-ring (bicyclic) bond motifs is 2. The topological polar surface area (TPSA) is 85.8 Å². The van der Waals surface area contributed by atoms with E-state index in [1.807, 2.05) is 27.0 Å². The average Bonchev–Trinajstić information content (AvgIpc) is 3.08. The van der Waals surface area contributed by atoms with Gasteiger partial charge in [0.1, 0.15) is 5.82 Å². The molecule has 1 aliphatic heterocycles. The summed E-state index contributed by atoms with van der Waals surface area (Å²) in [4.78, 5) is 21.6. The van der Waals surface area contributed by atoms with Crippen LogP contribution in [-0.4, -0.2) is 31.6 Å². The number of aryl methyl sites for hydroxylation is 4. The average molecular weight is 325 g/mol. The molecule has 0 radical (unpaired) electrons. The number of hydrogen-bond donors (Lipinski definition) is 1. The highest BCUT2D eigenvalue weighted by atomic mass is 16.5. The molecule has 1 atom stereocenters. The molecule has 3 aromatic heterocycles. The van der Waals surface area contributed by atoms with Crippen molar-refractivity contribution in [3.63, 3.8) is 0 Å². The van der Waals surface area contributed by atoms with Gasteiger partial charge < -0.3 is 14.4 Å². The van der Waals surface area contributed by atoms with Gasteiger partial charge in [-0.2, -0.15) is 0 Å². The normalized spacial score (nSPS) is 17.0. The van der Waals surface area contributed by atoms with Gasteiger partial charge in [0, 0.05) is 30.9 Å². The van der Waals surface area contributed by atoms with Crippen molar-refractivity contribution in [3.8, 4) is 0 Å². The third kappa shape index (κ3) is 2.46. The lowest BCUT2D eigenvalue weighted by Crippen LogP contribution is -2.41. The first-order valence-electron chi connectivity index (χ1n) is 8.08. The van der Waals surface area contributed by atoms with Crippen molar-refractivity contribution in [2.24, 2.45) is 0 Å². The van der Waals surface area contributed by atoms with Crippen molar-refractivity contribution < 1.29 is 9.32 Å². The number of rotatable bonds is 2. The Kier molecular flexibility index (Phi) is 3.37. The lowest BCUT2D eigenvalue weighted by atomic mass is 10.1. The predicted octanol–water partition coefficient (Wildman–Crippen LogP) is 2.09. The molecule has 1 amide bonds. The van der Waals surface area contributed by atoms with Crippen LogP contribution < -0.4 is 5.32 Å². The molecule has 3 aromatic rings. The molecule has 124 valence electrons. The summed E-state index contributed by atoms with van der Waals surface area (Å²) in [6.45, 7) is 6.40. The van der Waals surface area contributed by atoms with Crippen LogP contribution in [0.15, 0.2) is 16.8 Å². The number of carbonyl (C=O) groups excluding carboxylic acids is 1. The zero-order chi connectivity index (χ0) is 16.8. The van der Waals surface area contributed by atoms with E-state index in [1.54, 1.807) is 6.07 Å². The van der Waals surface area contributed by atoms with Crippen LogP contribution in [-0.2, 0) is 13.0 Å². The van der Waals surface area contributed by atoms with Crippen molar-refractivity contribution >= 4 is 17.0 Å². The van der Waals surface area contributed by atoms with Gasteiger partial charge in [-0.25, -0.2) is 9.97 Å². The fourth-order valence-electron chi connectivity index (χ4n) is 3.36. The molecule has 7 heteroatoms. The molecular weight excluding hydrogens is 306 g/mol. The van der Waals surface area contributed by atoms with Crippen LogP contribution in [0, 0.1) is 20.8 Å². The van der Waals surface area contributed by atoms with Gasteiger partial charge in [0.2, 0.25) is 0 Å². The van der Waals surface area contributed by atoms with E-state index < -0.39 is 0 Å². The van der Waals surface area contributed by atoms with Crippen LogP contribution >= 0.6 is 0 Å². The summed E-state index contributed by atoms with van der Waals surface area (Å²) in [5.41, 5.74) is 3.42. The number of nitrogens with zero attached hydrogens (tertiary/aromatic N) is 4. The number of amides is 1. The van der Waals surface area contributed by atoms with Gasteiger partial charge in [0.05, 0.1) is 22.3 Å². The first-order chi connectivity index (χ1) is 11.5. The van der Waals surface area contributed by atoms with Crippen LogP contribution in [0.4, 0.5) is 0 Å². The van der Waals surface area contributed by atoms with E-state index in [4.69, 9.17) is 4.52 Å². The zero-order valence-corrected chi connectivity index (χ0v) is 14.0. The first-order valence-corrected chi connectivity index (χ1v) is 8.08. The van der Waals surface area contributed by atoms with Crippen LogP contribution in [0.2, 0.25) is 0 Å². The summed E-state index contributed by atoms with van der Waals surface area (Å²) in [6, 6.07) is 1.87. The van der Waals surface area contributed by atoms with Crippen molar-refractivity contribution in [1.29, 1.82) is 0 Å². The van der Waals surface area contributed by atoms with Crippen LogP contribution in [0.5, 0.6) is 0 Å². The molecule has 0 fully saturated rings. The maximum atomic E-state index is 12.8. The molecule has 0 aliphatic carbocycles. The summed E-state index contributed by atoms with van der Waals surface area (Å²) in [5, 5.41) is 7.75. The third-order valence-corrected chi connectivity index (χ3v) is 4.44. The fourth-order valence-corrected chi connectivity index (χ4v) is 3.36. The van der Waals surface area contributed by atoms with Gasteiger partial charge in [-0.15, -0.1) is 0 Å². The standard InChI is InChI=1S/C17H19N5O2/c1-9-6-13(15-11(3)21-24-17(15)19-9)16(23)20-12-4-5-14-18-10(2)7-22(14)8-12/h6-7,12H,4-5,8H2,1-3H3,(H,20,23)/t12-/m1/s1. The largest absolute Gasteiger partial charge is 0.347 e. The van der Waals surface area contributed by atoms with Crippen LogP contribution in [0.1, 0.15) is 39.7 Å². The minimum absolute atomic E-state index is 0.0855.